The molecule has 1 aromatic heterocycles. The second-order valence-electron chi connectivity index (χ2n) is 6.25. The number of rotatable bonds is 4. The molecule has 2 aliphatic carbocycles. The van der Waals surface area contributed by atoms with Crippen LogP contribution in [-0.2, 0) is 4.79 Å². The molecule has 118 valence electrons. The summed E-state index contributed by atoms with van der Waals surface area (Å²) in [6, 6.07) is 6.03. The van der Waals surface area contributed by atoms with Crippen molar-refractivity contribution in [2.75, 3.05) is 0 Å². The molecule has 1 fully saturated rings. The van der Waals surface area contributed by atoms with Gasteiger partial charge in [-0.3, -0.25) is 4.79 Å². The van der Waals surface area contributed by atoms with E-state index >= 15 is 0 Å². The third kappa shape index (κ3) is 4.09. The van der Waals surface area contributed by atoms with Crippen LogP contribution in [0.5, 0.6) is 5.88 Å². The Morgan fingerprint density at radius 1 is 1.14 bits per heavy atom. The molecule has 0 unspecified atom stereocenters. The number of hydrogen-bond donors (Lipinski definition) is 1. The smallest absolute Gasteiger partial charge is 0.223 e. The summed E-state index contributed by atoms with van der Waals surface area (Å²) in [7, 11) is 0. The van der Waals surface area contributed by atoms with E-state index in [-0.39, 0.29) is 17.9 Å². The van der Waals surface area contributed by atoms with Crippen LogP contribution in [0.15, 0.2) is 36.5 Å². The summed E-state index contributed by atoms with van der Waals surface area (Å²) in [6.45, 7) is 0. The summed E-state index contributed by atoms with van der Waals surface area (Å²) in [5.41, 5.74) is 0. The fraction of sp³-hybridized carbons (Fsp3) is 0.556. The second-order valence-corrected chi connectivity index (χ2v) is 6.25. The zero-order valence-corrected chi connectivity index (χ0v) is 12.9. The summed E-state index contributed by atoms with van der Waals surface area (Å²) in [5, 5.41) is 3.23. The Balaban J connectivity index is 1.42. The Bertz CT molecular complexity index is 507. The lowest BCUT2D eigenvalue weighted by Crippen LogP contribution is -2.42. The standard InChI is InChI=1S/C18H24N2O2/c21-18(14-6-2-1-3-7-14)20-15-9-11-16(12-10-15)22-17-8-4-5-13-19-17/h1-2,4-5,8,13-16H,3,6-7,9-12H2,(H,20,21)/t14-,15?,16?/m1/s1. The van der Waals surface area contributed by atoms with E-state index in [4.69, 9.17) is 4.74 Å². The van der Waals surface area contributed by atoms with Crippen molar-refractivity contribution in [2.45, 2.75) is 57.1 Å². The largest absolute Gasteiger partial charge is 0.474 e. The van der Waals surface area contributed by atoms with Gasteiger partial charge in [-0.2, -0.15) is 0 Å². The monoisotopic (exact) mass is 300 g/mol. The van der Waals surface area contributed by atoms with Crippen LogP contribution in [0.1, 0.15) is 44.9 Å². The number of aromatic nitrogens is 1. The average Bonchev–Trinajstić information content (AvgIpc) is 2.58. The minimum atomic E-state index is 0.174. The summed E-state index contributed by atoms with van der Waals surface area (Å²) < 4.78 is 5.89. The molecule has 1 atom stereocenters. The van der Waals surface area contributed by atoms with Gasteiger partial charge >= 0.3 is 0 Å². The molecule has 4 nitrogen and oxygen atoms in total. The van der Waals surface area contributed by atoms with Crippen LogP contribution in [-0.4, -0.2) is 23.0 Å². The SMILES string of the molecule is O=C(NC1CCC(Oc2ccccn2)CC1)[C@@H]1CC=CCC1. The van der Waals surface area contributed by atoms with E-state index in [0.717, 1.165) is 44.9 Å². The number of hydrogen-bond acceptors (Lipinski definition) is 3. The van der Waals surface area contributed by atoms with Gasteiger partial charge in [-0.05, 0) is 51.0 Å². The van der Waals surface area contributed by atoms with Gasteiger partial charge in [0.2, 0.25) is 11.8 Å². The molecule has 0 saturated heterocycles. The maximum absolute atomic E-state index is 12.3. The third-order valence-electron chi connectivity index (χ3n) is 4.59. The van der Waals surface area contributed by atoms with E-state index in [0.29, 0.717) is 11.9 Å². The molecular formula is C18H24N2O2. The summed E-state index contributed by atoms with van der Waals surface area (Å²) in [4.78, 5) is 16.5. The number of pyridine rings is 1. The molecular weight excluding hydrogens is 276 g/mol. The molecule has 0 spiro atoms. The number of amides is 1. The molecule has 1 heterocycles. The van der Waals surface area contributed by atoms with Crippen LogP contribution in [0.2, 0.25) is 0 Å². The van der Waals surface area contributed by atoms with Gasteiger partial charge in [0.15, 0.2) is 0 Å². The number of nitrogens with zero attached hydrogens (tertiary/aromatic N) is 1. The molecule has 0 aliphatic heterocycles. The molecule has 1 N–H and O–H groups in total. The molecule has 3 rings (SSSR count). The first kappa shape index (κ1) is 15.1. The first-order valence-corrected chi connectivity index (χ1v) is 8.34. The number of carbonyl (C=O) groups is 1. The maximum atomic E-state index is 12.3. The fourth-order valence-corrected chi connectivity index (χ4v) is 3.26. The van der Waals surface area contributed by atoms with E-state index in [9.17, 15) is 4.79 Å². The van der Waals surface area contributed by atoms with Crippen molar-refractivity contribution in [3.63, 3.8) is 0 Å². The maximum Gasteiger partial charge on any atom is 0.223 e. The Morgan fingerprint density at radius 2 is 2.00 bits per heavy atom. The number of nitrogens with one attached hydrogen (secondary N) is 1. The first-order valence-electron chi connectivity index (χ1n) is 8.34. The van der Waals surface area contributed by atoms with Gasteiger partial charge in [-0.15, -0.1) is 0 Å². The molecule has 0 aromatic carbocycles. The molecule has 4 heteroatoms. The zero-order chi connectivity index (χ0) is 15.2. The van der Waals surface area contributed by atoms with Gasteiger partial charge in [-0.1, -0.05) is 18.2 Å². The minimum absolute atomic E-state index is 0.174. The van der Waals surface area contributed by atoms with Crippen molar-refractivity contribution < 1.29 is 9.53 Å². The molecule has 1 saturated carbocycles. The van der Waals surface area contributed by atoms with Crippen LogP contribution in [0, 0.1) is 5.92 Å². The van der Waals surface area contributed by atoms with Crippen molar-refractivity contribution in [3.05, 3.63) is 36.5 Å². The average molecular weight is 300 g/mol. The van der Waals surface area contributed by atoms with Crippen molar-refractivity contribution in [2.24, 2.45) is 5.92 Å². The predicted molar refractivity (Wildman–Crippen MR) is 85.5 cm³/mol. The van der Waals surface area contributed by atoms with Crippen LogP contribution < -0.4 is 10.1 Å². The minimum Gasteiger partial charge on any atom is -0.474 e. The molecule has 1 aromatic rings. The normalized spacial score (nSPS) is 28.1. The third-order valence-corrected chi connectivity index (χ3v) is 4.59. The number of ether oxygens (including phenoxy) is 1. The lowest BCUT2D eigenvalue weighted by Gasteiger charge is -2.30. The first-order chi connectivity index (χ1) is 10.8. The molecule has 1 amide bonds. The van der Waals surface area contributed by atoms with Gasteiger partial charge in [0.05, 0.1) is 0 Å². The Kier molecular flexibility index (Phi) is 5.09. The highest BCUT2D eigenvalue weighted by Gasteiger charge is 2.26. The number of carbonyl (C=O) groups excluding carboxylic acids is 1. The van der Waals surface area contributed by atoms with Gasteiger partial charge in [-0.25, -0.2) is 4.98 Å². The van der Waals surface area contributed by atoms with Crippen LogP contribution >= 0.6 is 0 Å². The van der Waals surface area contributed by atoms with Crippen molar-refractivity contribution in [1.82, 2.24) is 10.3 Å². The summed E-state index contributed by atoms with van der Waals surface area (Å²) >= 11 is 0. The van der Waals surface area contributed by atoms with Crippen molar-refractivity contribution >= 4 is 5.91 Å². The Hall–Kier alpha value is -1.84. The van der Waals surface area contributed by atoms with Gasteiger partial charge in [0.1, 0.15) is 6.10 Å². The molecule has 0 bridgehead atoms. The lowest BCUT2D eigenvalue weighted by atomic mass is 9.90. The highest BCUT2D eigenvalue weighted by Crippen LogP contribution is 2.24. The van der Waals surface area contributed by atoms with Crippen LogP contribution in [0.3, 0.4) is 0 Å². The molecule has 2 aliphatic rings. The number of allylic oxidation sites excluding steroid dienone is 2. The van der Waals surface area contributed by atoms with Gasteiger partial charge in [0, 0.05) is 24.2 Å². The van der Waals surface area contributed by atoms with E-state index in [1.807, 2.05) is 18.2 Å². The fourth-order valence-electron chi connectivity index (χ4n) is 3.26. The Labute approximate surface area is 132 Å². The van der Waals surface area contributed by atoms with E-state index in [2.05, 4.69) is 22.5 Å². The van der Waals surface area contributed by atoms with Crippen molar-refractivity contribution in [1.29, 1.82) is 0 Å². The van der Waals surface area contributed by atoms with E-state index in [1.165, 1.54) is 0 Å². The predicted octanol–water partition coefficient (Wildman–Crippen LogP) is 3.24. The quantitative estimate of drug-likeness (QED) is 0.868. The summed E-state index contributed by atoms with van der Waals surface area (Å²) in [6.07, 6.45) is 13.1. The highest BCUT2D eigenvalue weighted by atomic mass is 16.5. The van der Waals surface area contributed by atoms with Gasteiger partial charge in [0.25, 0.3) is 0 Å². The van der Waals surface area contributed by atoms with E-state index in [1.54, 1.807) is 6.20 Å². The second kappa shape index (κ2) is 7.43. The van der Waals surface area contributed by atoms with Crippen molar-refractivity contribution in [3.8, 4) is 5.88 Å². The lowest BCUT2D eigenvalue weighted by molar-refractivity contribution is -0.126. The topological polar surface area (TPSA) is 51.2 Å². The molecule has 22 heavy (non-hydrogen) atoms. The van der Waals surface area contributed by atoms with Gasteiger partial charge < -0.3 is 10.1 Å². The zero-order valence-electron chi connectivity index (χ0n) is 12.9. The van der Waals surface area contributed by atoms with Crippen LogP contribution in [0.25, 0.3) is 0 Å². The Morgan fingerprint density at radius 3 is 2.68 bits per heavy atom. The van der Waals surface area contributed by atoms with Crippen LogP contribution in [0.4, 0.5) is 0 Å². The van der Waals surface area contributed by atoms with E-state index < -0.39 is 0 Å². The highest BCUT2D eigenvalue weighted by molar-refractivity contribution is 5.79. The summed E-state index contributed by atoms with van der Waals surface area (Å²) in [5.74, 6) is 1.11. The molecule has 0 radical (unpaired) electrons.